The van der Waals surface area contributed by atoms with Crippen LogP contribution in [0, 0.1) is 0 Å². The van der Waals surface area contributed by atoms with Crippen LogP contribution in [0.5, 0.6) is 5.75 Å². The summed E-state index contributed by atoms with van der Waals surface area (Å²) in [6.45, 7) is 2.05. The number of benzene rings is 1. The van der Waals surface area contributed by atoms with Gasteiger partial charge in [-0.25, -0.2) is 0 Å². The average Bonchev–Trinajstić information content (AvgIpc) is 2.57. The van der Waals surface area contributed by atoms with E-state index in [2.05, 4.69) is 25.8 Å². The topological polar surface area (TPSA) is 81.2 Å². The third kappa shape index (κ3) is 4.85. The molecule has 1 aromatic heterocycles. The molecule has 7 heteroatoms. The van der Waals surface area contributed by atoms with Crippen molar-refractivity contribution in [2.24, 2.45) is 0 Å². The van der Waals surface area contributed by atoms with Crippen molar-refractivity contribution < 1.29 is 9.47 Å². The van der Waals surface area contributed by atoms with Gasteiger partial charge in [-0.05, 0) is 12.5 Å². The van der Waals surface area contributed by atoms with Gasteiger partial charge in [-0.2, -0.15) is 10.1 Å². The lowest BCUT2D eigenvalue weighted by Gasteiger charge is -2.10. The van der Waals surface area contributed by atoms with Crippen molar-refractivity contribution in [2.75, 3.05) is 38.0 Å². The van der Waals surface area contributed by atoms with Crippen LogP contribution >= 0.6 is 0 Å². The number of aromatic nitrogens is 3. The van der Waals surface area contributed by atoms with Crippen molar-refractivity contribution >= 4 is 11.8 Å². The lowest BCUT2D eigenvalue weighted by Crippen LogP contribution is -2.10. The first-order chi connectivity index (χ1) is 10.8. The molecule has 118 valence electrons. The molecule has 2 rings (SSSR count). The second kappa shape index (κ2) is 8.78. The Kier molecular flexibility index (Phi) is 6.38. The molecule has 0 aliphatic heterocycles. The summed E-state index contributed by atoms with van der Waals surface area (Å²) in [5.41, 5.74) is 1.05. The Balaban J connectivity index is 1.90. The molecule has 0 fully saturated rings. The smallest absolute Gasteiger partial charge is 0.244 e. The maximum atomic E-state index is 5.32. The fourth-order valence-electron chi connectivity index (χ4n) is 1.92. The summed E-state index contributed by atoms with van der Waals surface area (Å²) >= 11 is 0. The highest BCUT2D eigenvalue weighted by Crippen LogP contribution is 2.18. The first-order valence-electron chi connectivity index (χ1n) is 7.12. The lowest BCUT2D eigenvalue weighted by atomic mass is 10.2. The van der Waals surface area contributed by atoms with Crippen LogP contribution in [-0.4, -0.2) is 42.6 Å². The van der Waals surface area contributed by atoms with Crippen molar-refractivity contribution in [1.29, 1.82) is 0 Å². The van der Waals surface area contributed by atoms with Crippen molar-refractivity contribution in [3.8, 4) is 5.75 Å². The van der Waals surface area contributed by atoms with Gasteiger partial charge in [0.25, 0.3) is 0 Å². The van der Waals surface area contributed by atoms with E-state index in [1.165, 1.54) is 0 Å². The van der Waals surface area contributed by atoms with Gasteiger partial charge < -0.3 is 20.1 Å². The predicted octanol–water partition coefficient (Wildman–Crippen LogP) is 1.94. The lowest BCUT2D eigenvalue weighted by molar-refractivity contribution is 0.197. The molecule has 0 spiro atoms. The van der Waals surface area contributed by atoms with Gasteiger partial charge in [0, 0.05) is 32.4 Å². The fourth-order valence-corrected chi connectivity index (χ4v) is 1.92. The minimum absolute atomic E-state index is 0.501. The molecule has 2 N–H and O–H groups in total. The fraction of sp³-hybridized carbons (Fsp3) is 0.400. The van der Waals surface area contributed by atoms with Crippen LogP contribution in [0.1, 0.15) is 12.0 Å². The molecule has 0 amide bonds. The maximum absolute atomic E-state index is 5.32. The van der Waals surface area contributed by atoms with Crippen LogP contribution in [0.3, 0.4) is 0 Å². The molecule has 0 unspecified atom stereocenters. The zero-order valence-electron chi connectivity index (χ0n) is 12.9. The van der Waals surface area contributed by atoms with Gasteiger partial charge in [0.05, 0.1) is 13.3 Å². The Labute approximate surface area is 130 Å². The maximum Gasteiger partial charge on any atom is 0.244 e. The average molecular weight is 303 g/mol. The van der Waals surface area contributed by atoms with E-state index in [4.69, 9.17) is 9.47 Å². The molecule has 0 aliphatic rings. The van der Waals surface area contributed by atoms with Gasteiger partial charge in [0.15, 0.2) is 5.82 Å². The first kappa shape index (κ1) is 16.0. The number of methoxy groups -OCH3 is 2. The number of anilines is 2. The second-order valence-electron chi connectivity index (χ2n) is 4.60. The molecule has 22 heavy (non-hydrogen) atoms. The highest BCUT2D eigenvalue weighted by molar-refractivity contribution is 5.40. The molecule has 2 aromatic rings. The Morgan fingerprint density at radius 1 is 1.14 bits per heavy atom. The van der Waals surface area contributed by atoms with Gasteiger partial charge in [0.1, 0.15) is 5.75 Å². The van der Waals surface area contributed by atoms with E-state index in [-0.39, 0.29) is 0 Å². The number of hydrogen-bond donors (Lipinski definition) is 2. The van der Waals surface area contributed by atoms with Crippen LogP contribution in [-0.2, 0) is 11.3 Å². The van der Waals surface area contributed by atoms with Crippen molar-refractivity contribution in [3.05, 3.63) is 36.0 Å². The molecule has 0 saturated carbocycles. The molecule has 0 saturated heterocycles. The number of nitrogens with zero attached hydrogens (tertiary/aromatic N) is 3. The van der Waals surface area contributed by atoms with Crippen LogP contribution < -0.4 is 15.4 Å². The molecule has 7 nitrogen and oxygen atoms in total. The first-order valence-corrected chi connectivity index (χ1v) is 7.12. The van der Waals surface area contributed by atoms with Crippen LogP contribution in [0.25, 0.3) is 0 Å². The normalized spacial score (nSPS) is 10.3. The summed E-state index contributed by atoms with van der Waals surface area (Å²) in [7, 11) is 3.34. The third-order valence-corrected chi connectivity index (χ3v) is 3.02. The van der Waals surface area contributed by atoms with Gasteiger partial charge >= 0.3 is 0 Å². The highest BCUT2D eigenvalue weighted by atomic mass is 16.5. The Bertz CT molecular complexity index is 579. The largest absolute Gasteiger partial charge is 0.496 e. The van der Waals surface area contributed by atoms with E-state index < -0.39 is 0 Å². The summed E-state index contributed by atoms with van der Waals surface area (Å²) in [4.78, 5) is 4.36. The van der Waals surface area contributed by atoms with Gasteiger partial charge in [-0.3, -0.25) is 0 Å². The van der Waals surface area contributed by atoms with E-state index in [0.29, 0.717) is 24.9 Å². The summed E-state index contributed by atoms with van der Waals surface area (Å²) in [5, 5.41) is 14.2. The predicted molar refractivity (Wildman–Crippen MR) is 85.1 cm³/mol. The van der Waals surface area contributed by atoms with Gasteiger partial charge in [0.2, 0.25) is 5.95 Å². The van der Waals surface area contributed by atoms with Gasteiger partial charge in [-0.1, -0.05) is 18.2 Å². The zero-order valence-corrected chi connectivity index (χ0v) is 12.9. The number of para-hydroxylation sites is 1. The zero-order chi connectivity index (χ0) is 15.6. The molecule has 0 aliphatic carbocycles. The van der Waals surface area contributed by atoms with Crippen LogP contribution in [0.2, 0.25) is 0 Å². The summed E-state index contributed by atoms with van der Waals surface area (Å²) in [6, 6.07) is 7.85. The minimum atomic E-state index is 0.501. The monoisotopic (exact) mass is 303 g/mol. The highest BCUT2D eigenvalue weighted by Gasteiger charge is 2.03. The minimum Gasteiger partial charge on any atom is -0.496 e. The Hall–Kier alpha value is -2.41. The van der Waals surface area contributed by atoms with Crippen molar-refractivity contribution in [3.63, 3.8) is 0 Å². The second-order valence-corrected chi connectivity index (χ2v) is 4.60. The molecular weight excluding hydrogens is 282 g/mol. The standard InChI is InChI=1S/C15H21N5O2/c1-21-9-5-8-16-15-19-14(11-18-20-15)17-10-12-6-3-4-7-13(12)22-2/h3-4,6-7,11H,5,8-10H2,1-2H3,(H2,16,17,19,20). The number of rotatable bonds is 9. The summed E-state index contributed by atoms with van der Waals surface area (Å²) < 4.78 is 10.3. The van der Waals surface area contributed by atoms with Crippen molar-refractivity contribution in [2.45, 2.75) is 13.0 Å². The SMILES string of the molecule is COCCCNc1nncc(NCc2ccccc2OC)n1. The molecule has 0 bridgehead atoms. The van der Waals surface area contributed by atoms with Crippen molar-refractivity contribution in [1.82, 2.24) is 15.2 Å². The molecule has 1 heterocycles. The third-order valence-electron chi connectivity index (χ3n) is 3.02. The Morgan fingerprint density at radius 3 is 2.82 bits per heavy atom. The van der Waals surface area contributed by atoms with E-state index in [1.807, 2.05) is 24.3 Å². The Morgan fingerprint density at radius 2 is 2.00 bits per heavy atom. The van der Waals surface area contributed by atoms with Gasteiger partial charge in [-0.15, -0.1) is 5.10 Å². The van der Waals surface area contributed by atoms with Crippen LogP contribution in [0.4, 0.5) is 11.8 Å². The molecule has 1 aromatic carbocycles. The van der Waals surface area contributed by atoms with Crippen LogP contribution in [0.15, 0.2) is 30.5 Å². The molecule has 0 radical (unpaired) electrons. The summed E-state index contributed by atoms with van der Waals surface area (Å²) in [5.74, 6) is 2.01. The number of nitrogens with one attached hydrogen (secondary N) is 2. The number of ether oxygens (including phenoxy) is 2. The molecular formula is C15H21N5O2. The quantitative estimate of drug-likeness (QED) is 0.685. The number of hydrogen-bond acceptors (Lipinski definition) is 7. The van der Waals surface area contributed by atoms with E-state index in [0.717, 1.165) is 24.3 Å². The van der Waals surface area contributed by atoms with E-state index >= 15 is 0 Å². The molecule has 0 atom stereocenters. The summed E-state index contributed by atoms with van der Waals surface area (Å²) in [6.07, 6.45) is 2.48. The van der Waals surface area contributed by atoms with E-state index in [1.54, 1.807) is 20.4 Å². The van der Waals surface area contributed by atoms with E-state index in [9.17, 15) is 0 Å².